The van der Waals surface area contributed by atoms with E-state index in [4.69, 9.17) is 4.74 Å². The largest absolute Gasteiger partial charge is 0.444 e. The zero-order valence-electron chi connectivity index (χ0n) is 8.85. The lowest BCUT2D eigenvalue weighted by molar-refractivity contribution is 0.166. The van der Waals surface area contributed by atoms with E-state index < -0.39 is 6.09 Å². The van der Waals surface area contributed by atoms with Crippen LogP contribution in [0.2, 0.25) is 0 Å². The highest BCUT2D eigenvalue weighted by atomic mass is 16.6. The SMILES string of the molecule is O=C(Oc1ccccc1)N(O)c1ccncc1. The molecule has 1 amide bonds. The fourth-order valence-electron chi connectivity index (χ4n) is 1.22. The van der Waals surface area contributed by atoms with Gasteiger partial charge >= 0.3 is 6.09 Å². The molecule has 0 aliphatic heterocycles. The van der Waals surface area contributed by atoms with E-state index in [0.717, 1.165) is 0 Å². The summed E-state index contributed by atoms with van der Waals surface area (Å²) in [5.41, 5.74) is 0.293. The molecule has 0 atom stereocenters. The van der Waals surface area contributed by atoms with Gasteiger partial charge in [0.05, 0.1) is 5.69 Å². The molecule has 86 valence electrons. The Morgan fingerprint density at radius 2 is 1.76 bits per heavy atom. The molecule has 1 aromatic carbocycles. The van der Waals surface area contributed by atoms with Gasteiger partial charge in [-0.2, -0.15) is 5.06 Å². The van der Waals surface area contributed by atoms with Crippen molar-refractivity contribution in [3.05, 3.63) is 54.9 Å². The molecular weight excluding hydrogens is 220 g/mol. The van der Waals surface area contributed by atoms with Crippen LogP contribution in [0.3, 0.4) is 0 Å². The van der Waals surface area contributed by atoms with Crippen LogP contribution >= 0.6 is 0 Å². The summed E-state index contributed by atoms with van der Waals surface area (Å²) >= 11 is 0. The molecule has 0 bridgehead atoms. The van der Waals surface area contributed by atoms with E-state index in [0.29, 0.717) is 16.5 Å². The van der Waals surface area contributed by atoms with Crippen LogP contribution in [0.4, 0.5) is 10.5 Å². The maximum Gasteiger partial charge on any atom is 0.444 e. The van der Waals surface area contributed by atoms with E-state index in [1.165, 1.54) is 24.5 Å². The summed E-state index contributed by atoms with van der Waals surface area (Å²) < 4.78 is 4.95. The van der Waals surface area contributed by atoms with Crippen molar-refractivity contribution in [2.75, 3.05) is 5.06 Å². The zero-order valence-corrected chi connectivity index (χ0v) is 8.85. The van der Waals surface area contributed by atoms with Gasteiger partial charge in [0.2, 0.25) is 0 Å². The molecule has 17 heavy (non-hydrogen) atoms. The predicted octanol–water partition coefficient (Wildman–Crippen LogP) is 2.48. The van der Waals surface area contributed by atoms with E-state index >= 15 is 0 Å². The summed E-state index contributed by atoms with van der Waals surface area (Å²) in [6.07, 6.45) is 2.06. The molecule has 0 unspecified atom stereocenters. The van der Waals surface area contributed by atoms with Crippen LogP contribution in [-0.4, -0.2) is 16.3 Å². The van der Waals surface area contributed by atoms with Crippen molar-refractivity contribution in [3.8, 4) is 5.75 Å². The van der Waals surface area contributed by atoms with E-state index in [-0.39, 0.29) is 0 Å². The number of nitrogens with zero attached hydrogens (tertiary/aromatic N) is 2. The summed E-state index contributed by atoms with van der Waals surface area (Å²) in [5.74, 6) is 0.366. The Bertz CT molecular complexity index is 488. The average molecular weight is 230 g/mol. The predicted molar refractivity (Wildman–Crippen MR) is 61.0 cm³/mol. The van der Waals surface area contributed by atoms with Crippen LogP contribution in [-0.2, 0) is 0 Å². The third kappa shape index (κ3) is 2.79. The van der Waals surface area contributed by atoms with Crippen LogP contribution in [0.15, 0.2) is 54.9 Å². The number of carbonyl (C=O) groups is 1. The molecule has 2 aromatic rings. The van der Waals surface area contributed by atoms with Gasteiger partial charge in [0.25, 0.3) is 0 Å². The van der Waals surface area contributed by atoms with Gasteiger partial charge in [0, 0.05) is 12.4 Å². The van der Waals surface area contributed by atoms with Crippen molar-refractivity contribution >= 4 is 11.8 Å². The number of hydrogen-bond donors (Lipinski definition) is 1. The van der Waals surface area contributed by atoms with Crippen LogP contribution in [0.5, 0.6) is 5.75 Å². The minimum atomic E-state index is -0.873. The quantitative estimate of drug-likeness (QED) is 0.636. The van der Waals surface area contributed by atoms with Gasteiger partial charge in [-0.05, 0) is 24.3 Å². The van der Waals surface area contributed by atoms with Gasteiger partial charge in [-0.25, -0.2) is 4.79 Å². The minimum absolute atomic E-state index is 0.293. The Labute approximate surface area is 97.9 Å². The van der Waals surface area contributed by atoms with Crippen LogP contribution in [0, 0.1) is 0 Å². The summed E-state index contributed by atoms with van der Waals surface area (Å²) in [6, 6.07) is 11.5. The lowest BCUT2D eigenvalue weighted by Gasteiger charge is -2.14. The Kier molecular flexibility index (Phi) is 3.32. The number of aromatic nitrogens is 1. The average Bonchev–Trinajstić information content (AvgIpc) is 2.40. The molecule has 0 saturated heterocycles. The molecule has 5 heteroatoms. The standard InChI is InChI=1S/C12H10N2O3/c15-12(17-11-4-2-1-3-5-11)14(16)10-6-8-13-9-7-10/h1-9,16H. The van der Waals surface area contributed by atoms with E-state index in [2.05, 4.69) is 4.98 Å². The topological polar surface area (TPSA) is 62.7 Å². The molecule has 5 nitrogen and oxygen atoms in total. The summed E-state index contributed by atoms with van der Waals surface area (Å²) in [7, 11) is 0. The smallest absolute Gasteiger partial charge is 0.408 e. The lowest BCUT2D eigenvalue weighted by Crippen LogP contribution is -2.30. The van der Waals surface area contributed by atoms with Gasteiger partial charge in [-0.3, -0.25) is 10.2 Å². The fourth-order valence-corrected chi connectivity index (χ4v) is 1.22. The van der Waals surface area contributed by atoms with Gasteiger partial charge < -0.3 is 4.74 Å². The van der Waals surface area contributed by atoms with Crippen molar-refractivity contribution in [3.63, 3.8) is 0 Å². The number of rotatable bonds is 2. The van der Waals surface area contributed by atoms with Crippen LogP contribution < -0.4 is 9.80 Å². The number of ether oxygens (including phenoxy) is 1. The van der Waals surface area contributed by atoms with Crippen molar-refractivity contribution < 1.29 is 14.7 Å². The molecule has 2 rings (SSSR count). The van der Waals surface area contributed by atoms with Gasteiger partial charge in [0.15, 0.2) is 0 Å². The van der Waals surface area contributed by atoms with E-state index in [1.807, 2.05) is 0 Å². The second-order valence-corrected chi connectivity index (χ2v) is 3.20. The summed E-state index contributed by atoms with van der Waals surface area (Å²) in [5, 5.41) is 10.0. The third-order valence-corrected chi connectivity index (χ3v) is 2.03. The number of benzene rings is 1. The lowest BCUT2D eigenvalue weighted by atomic mass is 10.3. The molecule has 0 fully saturated rings. The summed E-state index contributed by atoms with van der Waals surface area (Å²) in [4.78, 5) is 15.3. The minimum Gasteiger partial charge on any atom is -0.408 e. The first kappa shape index (κ1) is 11.1. The van der Waals surface area contributed by atoms with Crippen molar-refractivity contribution in [1.29, 1.82) is 0 Å². The number of para-hydroxylation sites is 1. The normalized spacial score (nSPS) is 9.71. The molecule has 1 heterocycles. The Balaban J connectivity index is 2.06. The highest BCUT2D eigenvalue weighted by Crippen LogP contribution is 2.14. The molecule has 0 spiro atoms. The van der Waals surface area contributed by atoms with Crippen molar-refractivity contribution in [2.45, 2.75) is 0 Å². The highest BCUT2D eigenvalue weighted by Gasteiger charge is 2.15. The monoisotopic (exact) mass is 230 g/mol. The molecule has 1 aromatic heterocycles. The highest BCUT2D eigenvalue weighted by molar-refractivity contribution is 5.86. The molecule has 0 radical (unpaired) electrons. The molecular formula is C12H10N2O3. The second-order valence-electron chi connectivity index (χ2n) is 3.20. The molecule has 1 N–H and O–H groups in total. The first-order chi connectivity index (χ1) is 8.27. The number of hydrogen-bond acceptors (Lipinski definition) is 4. The Morgan fingerprint density at radius 3 is 2.41 bits per heavy atom. The number of anilines is 1. The van der Waals surface area contributed by atoms with E-state index in [1.54, 1.807) is 30.3 Å². The molecule has 0 saturated carbocycles. The van der Waals surface area contributed by atoms with E-state index in [9.17, 15) is 10.0 Å². The van der Waals surface area contributed by atoms with Crippen LogP contribution in [0.25, 0.3) is 0 Å². The van der Waals surface area contributed by atoms with Gasteiger partial charge in [0.1, 0.15) is 5.75 Å². The first-order valence-electron chi connectivity index (χ1n) is 4.93. The zero-order chi connectivity index (χ0) is 12.1. The third-order valence-electron chi connectivity index (χ3n) is 2.03. The van der Waals surface area contributed by atoms with Crippen LogP contribution in [0.1, 0.15) is 0 Å². The Hall–Kier alpha value is -2.40. The van der Waals surface area contributed by atoms with Gasteiger partial charge in [-0.15, -0.1) is 0 Å². The number of pyridine rings is 1. The fraction of sp³-hybridized carbons (Fsp3) is 0. The van der Waals surface area contributed by atoms with Crippen molar-refractivity contribution in [2.24, 2.45) is 0 Å². The molecule has 0 aliphatic carbocycles. The maximum absolute atomic E-state index is 11.5. The number of carbonyl (C=O) groups excluding carboxylic acids is 1. The van der Waals surface area contributed by atoms with Gasteiger partial charge in [-0.1, -0.05) is 18.2 Å². The summed E-state index contributed by atoms with van der Waals surface area (Å²) in [6.45, 7) is 0. The second kappa shape index (κ2) is 5.09. The van der Waals surface area contributed by atoms with Crippen molar-refractivity contribution in [1.82, 2.24) is 4.98 Å². The first-order valence-corrected chi connectivity index (χ1v) is 4.93. The Morgan fingerprint density at radius 1 is 1.12 bits per heavy atom. The number of amides is 1. The molecule has 0 aliphatic rings. The maximum atomic E-state index is 11.5. The number of hydroxylamine groups is 1.